The number of nitrogens with two attached hydrogens (primary N) is 1. The van der Waals surface area contributed by atoms with Gasteiger partial charge in [-0.05, 0) is 48.5 Å². The third kappa shape index (κ3) is 4.50. The number of carbonyl (C=O) groups is 2. The summed E-state index contributed by atoms with van der Waals surface area (Å²) in [5.41, 5.74) is 6.10. The van der Waals surface area contributed by atoms with Crippen molar-refractivity contribution >= 4 is 29.1 Å². The van der Waals surface area contributed by atoms with Gasteiger partial charge >= 0.3 is 0 Å². The summed E-state index contributed by atoms with van der Waals surface area (Å²) in [7, 11) is 0. The van der Waals surface area contributed by atoms with E-state index in [4.69, 9.17) is 22.1 Å². The van der Waals surface area contributed by atoms with Crippen molar-refractivity contribution in [2.45, 2.75) is 0 Å². The van der Waals surface area contributed by atoms with E-state index in [0.29, 0.717) is 22.0 Å². The predicted octanol–water partition coefficient (Wildman–Crippen LogP) is 2.46. The van der Waals surface area contributed by atoms with Crippen LogP contribution in [0.4, 0.5) is 5.69 Å². The average Bonchev–Trinajstić information content (AvgIpc) is 2.47. The van der Waals surface area contributed by atoms with Crippen molar-refractivity contribution in [3.63, 3.8) is 0 Å². The van der Waals surface area contributed by atoms with E-state index in [9.17, 15) is 9.59 Å². The SMILES string of the molecule is NC(=O)COc1ccc(NC(=O)c2ccc(Cl)cc2)cc1. The summed E-state index contributed by atoms with van der Waals surface area (Å²) in [5, 5.41) is 3.31. The number of anilines is 1. The van der Waals surface area contributed by atoms with Gasteiger partial charge in [0.25, 0.3) is 11.8 Å². The highest BCUT2D eigenvalue weighted by atomic mass is 35.5. The summed E-state index contributed by atoms with van der Waals surface area (Å²) in [4.78, 5) is 22.6. The normalized spacial score (nSPS) is 9.95. The molecule has 0 radical (unpaired) electrons. The molecule has 2 rings (SSSR count). The van der Waals surface area contributed by atoms with Crippen molar-refractivity contribution in [1.29, 1.82) is 0 Å². The summed E-state index contributed by atoms with van der Waals surface area (Å²) in [6, 6.07) is 13.2. The lowest BCUT2D eigenvalue weighted by Crippen LogP contribution is -2.20. The van der Waals surface area contributed by atoms with Crippen molar-refractivity contribution in [1.82, 2.24) is 0 Å². The van der Waals surface area contributed by atoms with Crippen LogP contribution in [0.1, 0.15) is 10.4 Å². The minimum atomic E-state index is -0.546. The first-order valence-electron chi connectivity index (χ1n) is 6.12. The Morgan fingerprint density at radius 1 is 1.05 bits per heavy atom. The van der Waals surface area contributed by atoms with Crippen LogP contribution in [0.25, 0.3) is 0 Å². The molecule has 0 bridgehead atoms. The zero-order valence-corrected chi connectivity index (χ0v) is 11.8. The third-order valence-electron chi connectivity index (χ3n) is 2.60. The molecule has 0 aliphatic heterocycles. The van der Waals surface area contributed by atoms with Crippen molar-refractivity contribution in [3.05, 3.63) is 59.1 Å². The van der Waals surface area contributed by atoms with E-state index >= 15 is 0 Å². The first-order valence-corrected chi connectivity index (χ1v) is 6.50. The zero-order chi connectivity index (χ0) is 15.2. The second kappa shape index (κ2) is 6.76. The minimum absolute atomic E-state index is 0.184. The molecule has 0 aliphatic rings. The van der Waals surface area contributed by atoms with Crippen molar-refractivity contribution in [2.24, 2.45) is 5.73 Å². The molecule has 0 saturated heterocycles. The minimum Gasteiger partial charge on any atom is -0.484 e. The van der Waals surface area contributed by atoms with Gasteiger partial charge in [0.15, 0.2) is 6.61 Å². The summed E-state index contributed by atoms with van der Waals surface area (Å²) in [6.07, 6.45) is 0. The van der Waals surface area contributed by atoms with Crippen LogP contribution in [0, 0.1) is 0 Å². The molecule has 21 heavy (non-hydrogen) atoms. The maximum Gasteiger partial charge on any atom is 0.255 e. The third-order valence-corrected chi connectivity index (χ3v) is 2.85. The van der Waals surface area contributed by atoms with Gasteiger partial charge in [0.1, 0.15) is 5.75 Å². The topological polar surface area (TPSA) is 81.4 Å². The molecule has 0 aromatic heterocycles. The highest BCUT2D eigenvalue weighted by Gasteiger charge is 2.06. The number of hydrogen-bond donors (Lipinski definition) is 2. The number of nitrogens with one attached hydrogen (secondary N) is 1. The first-order chi connectivity index (χ1) is 10.0. The molecule has 2 aromatic rings. The lowest BCUT2D eigenvalue weighted by atomic mass is 10.2. The highest BCUT2D eigenvalue weighted by Crippen LogP contribution is 2.17. The Balaban J connectivity index is 1.98. The van der Waals surface area contributed by atoms with Crippen LogP contribution in [0.3, 0.4) is 0 Å². The van der Waals surface area contributed by atoms with Gasteiger partial charge in [0, 0.05) is 16.3 Å². The Morgan fingerprint density at radius 3 is 2.24 bits per heavy atom. The lowest BCUT2D eigenvalue weighted by molar-refractivity contribution is -0.119. The van der Waals surface area contributed by atoms with Crippen LogP contribution in [-0.2, 0) is 4.79 Å². The van der Waals surface area contributed by atoms with Crippen molar-refractivity contribution in [2.75, 3.05) is 11.9 Å². The quantitative estimate of drug-likeness (QED) is 0.890. The Kier molecular flexibility index (Phi) is 4.79. The Bertz CT molecular complexity index is 639. The van der Waals surface area contributed by atoms with E-state index in [-0.39, 0.29) is 12.5 Å². The highest BCUT2D eigenvalue weighted by molar-refractivity contribution is 6.30. The van der Waals surface area contributed by atoms with Crippen LogP contribution < -0.4 is 15.8 Å². The van der Waals surface area contributed by atoms with Gasteiger partial charge in [-0.2, -0.15) is 0 Å². The number of benzene rings is 2. The van der Waals surface area contributed by atoms with E-state index in [1.54, 1.807) is 48.5 Å². The maximum absolute atomic E-state index is 12.0. The molecule has 5 nitrogen and oxygen atoms in total. The van der Waals surface area contributed by atoms with Gasteiger partial charge in [-0.25, -0.2) is 0 Å². The number of halogens is 1. The van der Waals surface area contributed by atoms with Crippen LogP contribution >= 0.6 is 11.6 Å². The molecular formula is C15H13ClN2O3. The standard InChI is InChI=1S/C15H13ClN2O3/c16-11-3-1-10(2-4-11)15(20)18-12-5-7-13(8-6-12)21-9-14(17)19/h1-8H,9H2,(H2,17,19)(H,18,20). The van der Waals surface area contributed by atoms with Gasteiger partial charge in [-0.1, -0.05) is 11.6 Å². The monoisotopic (exact) mass is 304 g/mol. The number of primary amides is 1. The Hall–Kier alpha value is -2.53. The molecule has 0 saturated carbocycles. The molecule has 2 amide bonds. The molecule has 6 heteroatoms. The van der Waals surface area contributed by atoms with Crippen LogP contribution in [0.2, 0.25) is 5.02 Å². The van der Waals surface area contributed by atoms with E-state index < -0.39 is 5.91 Å². The molecule has 0 atom stereocenters. The van der Waals surface area contributed by atoms with Crippen LogP contribution in [0.15, 0.2) is 48.5 Å². The van der Waals surface area contributed by atoms with Gasteiger partial charge < -0.3 is 15.8 Å². The van der Waals surface area contributed by atoms with Gasteiger partial charge in [-0.3, -0.25) is 9.59 Å². The Morgan fingerprint density at radius 2 is 1.67 bits per heavy atom. The number of amides is 2. The second-order valence-electron chi connectivity index (χ2n) is 4.24. The number of carbonyl (C=O) groups excluding carboxylic acids is 2. The van der Waals surface area contributed by atoms with Gasteiger partial charge in [-0.15, -0.1) is 0 Å². The lowest BCUT2D eigenvalue weighted by Gasteiger charge is -2.07. The number of rotatable bonds is 5. The molecule has 108 valence electrons. The van der Waals surface area contributed by atoms with Gasteiger partial charge in [0.2, 0.25) is 0 Å². The molecule has 2 aromatic carbocycles. The summed E-state index contributed by atoms with van der Waals surface area (Å²) < 4.78 is 5.12. The largest absolute Gasteiger partial charge is 0.484 e. The summed E-state index contributed by atoms with van der Waals surface area (Å²) in [5.74, 6) is -0.286. The molecule has 0 spiro atoms. The number of ether oxygens (including phenoxy) is 1. The predicted molar refractivity (Wildman–Crippen MR) is 80.5 cm³/mol. The molecule has 0 aliphatic carbocycles. The van der Waals surface area contributed by atoms with Crippen LogP contribution in [0.5, 0.6) is 5.75 Å². The molecule has 0 heterocycles. The van der Waals surface area contributed by atoms with Crippen molar-refractivity contribution in [3.8, 4) is 5.75 Å². The van der Waals surface area contributed by atoms with E-state index in [2.05, 4.69) is 5.32 Å². The fraction of sp³-hybridized carbons (Fsp3) is 0.0667. The summed E-state index contributed by atoms with van der Waals surface area (Å²) in [6.45, 7) is -0.184. The van der Waals surface area contributed by atoms with Crippen LogP contribution in [-0.4, -0.2) is 18.4 Å². The van der Waals surface area contributed by atoms with E-state index in [1.807, 2.05) is 0 Å². The molecule has 3 N–H and O–H groups in total. The van der Waals surface area contributed by atoms with E-state index in [1.165, 1.54) is 0 Å². The second-order valence-corrected chi connectivity index (χ2v) is 4.68. The average molecular weight is 305 g/mol. The van der Waals surface area contributed by atoms with Crippen molar-refractivity contribution < 1.29 is 14.3 Å². The number of hydrogen-bond acceptors (Lipinski definition) is 3. The fourth-order valence-corrected chi connectivity index (χ4v) is 1.72. The molecule has 0 unspecified atom stereocenters. The molecule has 0 fully saturated rings. The Labute approximate surface area is 126 Å². The maximum atomic E-state index is 12.0. The van der Waals surface area contributed by atoms with E-state index in [0.717, 1.165) is 0 Å². The molecular weight excluding hydrogens is 292 g/mol. The smallest absolute Gasteiger partial charge is 0.255 e. The summed E-state index contributed by atoms with van der Waals surface area (Å²) >= 11 is 5.77. The first kappa shape index (κ1) is 14.9. The zero-order valence-electron chi connectivity index (χ0n) is 11.0. The fourth-order valence-electron chi connectivity index (χ4n) is 1.59. The van der Waals surface area contributed by atoms with Gasteiger partial charge in [0.05, 0.1) is 0 Å².